The summed E-state index contributed by atoms with van der Waals surface area (Å²) in [5.41, 5.74) is 1.82. The van der Waals surface area contributed by atoms with E-state index >= 15 is 0 Å². The van der Waals surface area contributed by atoms with E-state index in [4.69, 9.17) is 11.6 Å². The molecule has 0 bridgehead atoms. The van der Waals surface area contributed by atoms with Crippen LogP contribution in [0.5, 0.6) is 0 Å². The van der Waals surface area contributed by atoms with E-state index in [0.29, 0.717) is 11.5 Å². The van der Waals surface area contributed by atoms with E-state index in [2.05, 4.69) is 45.0 Å². The zero-order valence-electron chi connectivity index (χ0n) is 17.2. The summed E-state index contributed by atoms with van der Waals surface area (Å²) in [5, 5.41) is 0.837. The predicted molar refractivity (Wildman–Crippen MR) is 160 cm³/mol. The number of rotatable bonds is 5. The van der Waals surface area contributed by atoms with Gasteiger partial charge in [-0.15, -0.1) is 124 Å². The van der Waals surface area contributed by atoms with Crippen LogP contribution >= 0.6 is 136 Å². The van der Waals surface area contributed by atoms with Crippen molar-refractivity contribution in [2.75, 3.05) is 14.1 Å². The third-order valence-electron chi connectivity index (χ3n) is 4.62. The fraction of sp³-hybridized carbons (Fsp3) is 0.647. The Balaban J connectivity index is -0.0000000455. The first-order chi connectivity index (χ1) is 8.95. The highest BCUT2D eigenvalue weighted by Crippen LogP contribution is 2.49. The summed E-state index contributed by atoms with van der Waals surface area (Å²) in [4.78, 5) is 2.42. The molecule has 0 amide bonds. The quantitative estimate of drug-likeness (QED) is 0.314. The second-order valence-corrected chi connectivity index (χ2v) is 7.06. The molecular weight excluding hydrogens is 624 g/mol. The highest BCUT2D eigenvalue weighted by Gasteiger charge is 2.46. The van der Waals surface area contributed by atoms with Crippen molar-refractivity contribution < 1.29 is 5.48 Å². The summed E-state index contributed by atoms with van der Waals surface area (Å²) >= 11 is 6.04. The van der Waals surface area contributed by atoms with Crippen molar-refractivity contribution in [3.63, 3.8) is 0 Å². The fourth-order valence-corrected chi connectivity index (χ4v) is 3.66. The van der Waals surface area contributed by atoms with Crippen molar-refractivity contribution in [3.8, 4) is 0 Å². The molecule has 1 unspecified atom stereocenters. The summed E-state index contributed by atoms with van der Waals surface area (Å²) < 4.78 is 0. The van der Waals surface area contributed by atoms with Gasteiger partial charge in [-0.1, -0.05) is 44.0 Å². The topological polar surface area (TPSA) is 34.7 Å². The second-order valence-electron chi connectivity index (χ2n) is 6.63. The maximum absolute atomic E-state index is 6.04. The summed E-state index contributed by atoms with van der Waals surface area (Å²) in [5.74, 6) is 0.733. The normalized spacial score (nSPS) is 12.4. The maximum atomic E-state index is 6.04. The van der Waals surface area contributed by atoms with Gasteiger partial charge in [0.15, 0.2) is 0 Å². The zero-order chi connectivity index (χ0) is 14.0. The number of halogens is 11. The minimum absolute atomic E-state index is 0. The smallest absolute Gasteiger partial charge is 0.0406 e. The summed E-state index contributed by atoms with van der Waals surface area (Å²) in [6.45, 7) is 4.65. The Morgan fingerprint density at radius 2 is 1.17 bits per heavy atom. The standard InChI is InChI=1S/C17H26ClN.10ClH.H2O/c1-13(2)12-16(19(3)4)17(10-5-11-17)14-6-8-15(18)9-7-14;;;;;;;;;;;/h6-9,13,16H,5,10-12H2,1-4H3;10*1H;1H2. The van der Waals surface area contributed by atoms with Crippen LogP contribution < -0.4 is 0 Å². The SMILES string of the molecule is CC(C)CC(N(C)C)C1(c2ccc(Cl)cc2)CCC1.Cl.Cl.Cl.Cl.Cl.Cl.Cl.Cl.Cl.Cl.O. The van der Waals surface area contributed by atoms with Crippen molar-refractivity contribution in [1.29, 1.82) is 0 Å². The van der Waals surface area contributed by atoms with Gasteiger partial charge in [-0.25, -0.2) is 0 Å². The number of hydrogen-bond donors (Lipinski definition) is 0. The Labute approximate surface area is 250 Å². The number of likely N-dealkylation sites (N-methyl/N-ethyl adjacent to an activating group) is 1. The maximum Gasteiger partial charge on any atom is 0.0406 e. The lowest BCUT2D eigenvalue weighted by atomic mass is 9.58. The first-order valence-electron chi connectivity index (χ1n) is 7.38. The Kier molecular flexibility index (Phi) is 62.3. The molecule has 1 aromatic carbocycles. The van der Waals surface area contributed by atoms with Crippen LogP contribution in [0, 0.1) is 5.92 Å². The van der Waals surface area contributed by atoms with E-state index in [-0.39, 0.29) is 130 Å². The van der Waals surface area contributed by atoms with Crippen LogP contribution in [0.25, 0.3) is 0 Å². The van der Waals surface area contributed by atoms with Crippen LogP contribution in [0.3, 0.4) is 0 Å². The summed E-state index contributed by atoms with van der Waals surface area (Å²) in [7, 11) is 4.45. The Hall–Kier alpha value is 2.33. The van der Waals surface area contributed by atoms with Gasteiger partial charge >= 0.3 is 0 Å². The molecule has 1 atom stereocenters. The van der Waals surface area contributed by atoms with Gasteiger partial charge in [0.2, 0.25) is 0 Å². The van der Waals surface area contributed by atoms with E-state index in [1.54, 1.807) is 0 Å². The van der Waals surface area contributed by atoms with Crippen LogP contribution in [0.15, 0.2) is 24.3 Å². The molecule has 0 heterocycles. The van der Waals surface area contributed by atoms with Gasteiger partial charge in [0.25, 0.3) is 0 Å². The lowest BCUT2D eigenvalue weighted by molar-refractivity contribution is 0.0808. The van der Waals surface area contributed by atoms with Gasteiger partial charge in [-0.05, 0) is 57.0 Å². The average molecular weight is 662 g/mol. The molecule has 13 heteroatoms. The molecular formula is C17H38Cl11NO. The molecule has 2 nitrogen and oxygen atoms in total. The molecule has 2 rings (SSSR count). The van der Waals surface area contributed by atoms with Gasteiger partial charge < -0.3 is 10.4 Å². The Morgan fingerprint density at radius 1 is 0.800 bits per heavy atom. The molecule has 0 aromatic heterocycles. The zero-order valence-corrected chi connectivity index (χ0v) is 26.1. The van der Waals surface area contributed by atoms with E-state index in [1.165, 1.54) is 31.2 Å². The molecule has 0 aliphatic heterocycles. The third-order valence-corrected chi connectivity index (χ3v) is 4.87. The molecule has 1 aliphatic carbocycles. The monoisotopic (exact) mass is 657 g/mol. The van der Waals surface area contributed by atoms with E-state index in [0.717, 1.165) is 10.9 Å². The minimum atomic E-state index is 0. The predicted octanol–water partition coefficient (Wildman–Crippen LogP) is 8.13. The van der Waals surface area contributed by atoms with Gasteiger partial charge in [0.05, 0.1) is 0 Å². The molecule has 0 spiro atoms. The van der Waals surface area contributed by atoms with Crippen LogP contribution in [0.2, 0.25) is 5.02 Å². The van der Waals surface area contributed by atoms with Gasteiger partial charge in [-0.2, -0.15) is 0 Å². The number of nitrogens with zero attached hydrogens (tertiary/aromatic N) is 1. The largest absolute Gasteiger partial charge is 0.412 e. The van der Waals surface area contributed by atoms with Crippen molar-refractivity contribution in [2.45, 2.75) is 51.0 Å². The van der Waals surface area contributed by atoms with E-state index < -0.39 is 0 Å². The molecule has 1 aromatic rings. The van der Waals surface area contributed by atoms with Crippen LogP contribution in [-0.2, 0) is 5.41 Å². The molecule has 1 aliphatic rings. The highest BCUT2D eigenvalue weighted by atomic mass is 35.5. The van der Waals surface area contributed by atoms with Crippen molar-refractivity contribution in [2.24, 2.45) is 5.92 Å². The molecule has 1 fully saturated rings. The Morgan fingerprint density at radius 3 is 1.40 bits per heavy atom. The molecule has 30 heavy (non-hydrogen) atoms. The summed E-state index contributed by atoms with van der Waals surface area (Å²) in [6, 6.07) is 9.18. The van der Waals surface area contributed by atoms with Crippen molar-refractivity contribution in [1.82, 2.24) is 4.90 Å². The van der Waals surface area contributed by atoms with E-state index in [1.807, 2.05) is 12.1 Å². The molecule has 1 saturated carbocycles. The fourth-order valence-electron chi connectivity index (χ4n) is 3.53. The van der Waals surface area contributed by atoms with Crippen LogP contribution in [-0.4, -0.2) is 30.5 Å². The third kappa shape index (κ3) is 16.0. The number of hydrogen-bond acceptors (Lipinski definition) is 1. The lowest BCUT2D eigenvalue weighted by Gasteiger charge is -2.51. The van der Waals surface area contributed by atoms with Gasteiger partial charge in [-0.3, -0.25) is 0 Å². The molecule has 0 saturated heterocycles. The number of benzene rings is 1. The first-order valence-corrected chi connectivity index (χ1v) is 7.76. The van der Waals surface area contributed by atoms with Crippen molar-refractivity contribution >= 4 is 136 Å². The van der Waals surface area contributed by atoms with Crippen molar-refractivity contribution in [3.05, 3.63) is 34.9 Å². The Bertz CT molecular complexity index is 432. The average Bonchev–Trinajstić information content (AvgIpc) is 2.28. The second kappa shape index (κ2) is 29.4. The lowest BCUT2D eigenvalue weighted by Crippen LogP contribution is -2.52. The summed E-state index contributed by atoms with van der Waals surface area (Å²) in [6.07, 6.45) is 5.23. The van der Waals surface area contributed by atoms with Crippen LogP contribution in [0.1, 0.15) is 45.1 Å². The van der Waals surface area contributed by atoms with Gasteiger partial charge in [0.1, 0.15) is 0 Å². The minimum Gasteiger partial charge on any atom is -0.412 e. The van der Waals surface area contributed by atoms with Crippen LogP contribution in [0.4, 0.5) is 0 Å². The van der Waals surface area contributed by atoms with E-state index in [9.17, 15) is 0 Å². The highest BCUT2D eigenvalue weighted by molar-refractivity contribution is 6.30. The first kappa shape index (κ1) is 63.6. The molecule has 2 N–H and O–H groups in total. The molecule has 0 radical (unpaired) electrons. The molecule has 194 valence electrons. The van der Waals surface area contributed by atoms with Gasteiger partial charge in [0, 0.05) is 16.5 Å².